The normalized spacial score (nSPS) is 24.8. The summed E-state index contributed by atoms with van der Waals surface area (Å²) in [7, 11) is 0. The zero-order valence-corrected chi connectivity index (χ0v) is 8.60. The average Bonchev–Trinajstić information content (AvgIpc) is 2.45. The van der Waals surface area contributed by atoms with Crippen LogP contribution in [0.15, 0.2) is 8.39 Å². The SMILES string of the molecule is [2H]C([2H])([2H])C([2H])([2H])C([2H])([2H])c1nc(Br)c(Br)s1. The quantitative estimate of drug-likeness (QED) is 0.811. The van der Waals surface area contributed by atoms with Crippen molar-refractivity contribution in [2.24, 2.45) is 0 Å². The molecule has 0 atom stereocenters. The molecule has 0 aromatic carbocycles. The fourth-order valence-corrected chi connectivity index (χ4v) is 2.01. The molecule has 0 spiro atoms. The molecule has 1 heterocycles. The van der Waals surface area contributed by atoms with Crippen molar-refractivity contribution in [3.8, 4) is 0 Å². The van der Waals surface area contributed by atoms with Crippen molar-refractivity contribution in [2.75, 3.05) is 0 Å². The molecule has 0 amide bonds. The van der Waals surface area contributed by atoms with Gasteiger partial charge in [0.2, 0.25) is 0 Å². The van der Waals surface area contributed by atoms with E-state index in [-0.39, 0.29) is 5.01 Å². The van der Waals surface area contributed by atoms with Gasteiger partial charge in [0.15, 0.2) is 0 Å². The van der Waals surface area contributed by atoms with Crippen molar-refractivity contribution in [1.29, 1.82) is 0 Å². The van der Waals surface area contributed by atoms with Crippen molar-refractivity contribution in [3.05, 3.63) is 13.4 Å². The third-order valence-electron chi connectivity index (χ3n) is 0.718. The van der Waals surface area contributed by atoms with E-state index < -0.39 is 19.6 Å². The number of rotatable bonds is 2. The predicted octanol–water partition coefficient (Wildman–Crippen LogP) is 3.62. The molecule has 0 aliphatic rings. The third-order valence-corrected chi connectivity index (χ3v) is 3.71. The van der Waals surface area contributed by atoms with Crippen LogP contribution in [0.4, 0.5) is 0 Å². The van der Waals surface area contributed by atoms with E-state index >= 15 is 0 Å². The second-order valence-electron chi connectivity index (χ2n) is 1.33. The molecule has 56 valence electrons. The molecule has 0 radical (unpaired) electrons. The molecule has 0 saturated heterocycles. The van der Waals surface area contributed by atoms with E-state index in [9.17, 15) is 0 Å². The summed E-state index contributed by atoms with van der Waals surface area (Å²) in [4.78, 5) is 3.78. The van der Waals surface area contributed by atoms with E-state index in [0.29, 0.717) is 8.39 Å². The van der Waals surface area contributed by atoms with Crippen LogP contribution in [0.3, 0.4) is 0 Å². The Labute approximate surface area is 91.0 Å². The van der Waals surface area contributed by atoms with E-state index in [1.807, 2.05) is 0 Å². The number of aromatic nitrogens is 1. The summed E-state index contributed by atoms with van der Waals surface area (Å²) in [5.74, 6) is 0. The Morgan fingerprint density at radius 2 is 2.60 bits per heavy atom. The predicted molar refractivity (Wildman–Crippen MR) is 51.5 cm³/mol. The molecule has 4 heteroatoms. The number of hydrogen-bond donors (Lipinski definition) is 0. The summed E-state index contributed by atoms with van der Waals surface area (Å²) < 4.78 is 52.3. The topological polar surface area (TPSA) is 12.9 Å². The molecule has 1 aromatic heterocycles. The van der Waals surface area contributed by atoms with Crippen LogP contribution in [-0.4, -0.2) is 4.98 Å². The van der Waals surface area contributed by atoms with Gasteiger partial charge in [0.1, 0.15) is 8.39 Å². The Hall–Kier alpha value is 0.590. The maximum atomic E-state index is 7.67. The number of aryl methyl sites for hydroxylation is 1. The van der Waals surface area contributed by atoms with Crippen LogP contribution < -0.4 is 0 Å². The van der Waals surface area contributed by atoms with Crippen molar-refractivity contribution < 1.29 is 9.60 Å². The van der Waals surface area contributed by atoms with Crippen LogP contribution >= 0.6 is 43.2 Å². The highest BCUT2D eigenvalue weighted by Gasteiger charge is 2.03. The molecule has 0 N–H and O–H groups in total. The maximum Gasteiger partial charge on any atom is 0.131 e. The zero-order chi connectivity index (χ0) is 13.6. The Morgan fingerprint density at radius 1 is 1.80 bits per heavy atom. The van der Waals surface area contributed by atoms with Crippen molar-refractivity contribution in [1.82, 2.24) is 4.98 Å². The molecule has 0 fully saturated rings. The summed E-state index contributed by atoms with van der Waals surface area (Å²) in [6.07, 6.45) is -5.71. The lowest BCUT2D eigenvalue weighted by atomic mass is 10.4. The van der Waals surface area contributed by atoms with Crippen LogP contribution in [0.1, 0.15) is 27.8 Å². The van der Waals surface area contributed by atoms with Crippen LogP contribution in [-0.2, 0) is 6.37 Å². The first kappa shape index (κ1) is 3.15. The highest BCUT2D eigenvalue weighted by molar-refractivity contribution is 9.13. The van der Waals surface area contributed by atoms with Gasteiger partial charge in [-0.2, -0.15) is 0 Å². The standard InChI is InChI=1S/C6H7Br2NS/c1-2-3-4-9-5(7)6(8)10-4/h2-3H2,1H3/i1D3,2D2,3D2. The van der Waals surface area contributed by atoms with Crippen molar-refractivity contribution >= 4 is 43.2 Å². The molecule has 0 aliphatic heterocycles. The summed E-state index contributed by atoms with van der Waals surface area (Å²) in [5.41, 5.74) is 0. The molecular formula is C6H7Br2NS. The first-order valence-electron chi connectivity index (χ1n) is 5.73. The van der Waals surface area contributed by atoms with Gasteiger partial charge in [0.25, 0.3) is 0 Å². The summed E-state index contributed by atoms with van der Waals surface area (Å²) in [6, 6.07) is 0. The fraction of sp³-hybridized carbons (Fsp3) is 0.500. The smallest absolute Gasteiger partial charge is 0.131 e. The lowest BCUT2D eigenvalue weighted by Gasteiger charge is -1.84. The van der Waals surface area contributed by atoms with Crippen LogP contribution in [0.25, 0.3) is 0 Å². The summed E-state index contributed by atoms with van der Waals surface area (Å²) >= 11 is 7.01. The van der Waals surface area contributed by atoms with Gasteiger partial charge in [-0.3, -0.25) is 0 Å². The lowest BCUT2D eigenvalue weighted by Crippen LogP contribution is -1.78. The minimum Gasteiger partial charge on any atom is -0.233 e. The van der Waals surface area contributed by atoms with Gasteiger partial charge in [-0.05, 0) is 44.6 Å². The summed E-state index contributed by atoms with van der Waals surface area (Å²) in [5, 5.41) is -0.225. The molecule has 1 rings (SSSR count). The van der Waals surface area contributed by atoms with E-state index in [0.717, 1.165) is 11.3 Å². The van der Waals surface area contributed by atoms with Gasteiger partial charge in [0.05, 0.1) is 5.01 Å². The number of hydrogen-bond acceptors (Lipinski definition) is 2. The van der Waals surface area contributed by atoms with Gasteiger partial charge < -0.3 is 0 Å². The minimum absolute atomic E-state index is 0.225. The highest BCUT2D eigenvalue weighted by Crippen LogP contribution is 2.29. The van der Waals surface area contributed by atoms with Crippen LogP contribution in [0.2, 0.25) is 0 Å². The second-order valence-corrected chi connectivity index (χ2v) is 4.40. The molecule has 10 heavy (non-hydrogen) atoms. The van der Waals surface area contributed by atoms with E-state index in [4.69, 9.17) is 9.60 Å². The van der Waals surface area contributed by atoms with Crippen molar-refractivity contribution in [3.63, 3.8) is 0 Å². The van der Waals surface area contributed by atoms with E-state index in [2.05, 4.69) is 36.8 Å². The minimum atomic E-state index is -3.07. The molecule has 1 nitrogen and oxygen atoms in total. The van der Waals surface area contributed by atoms with Gasteiger partial charge in [0, 0.05) is 9.60 Å². The lowest BCUT2D eigenvalue weighted by molar-refractivity contribution is 0.906. The average molecular weight is 292 g/mol. The number of halogens is 2. The zero-order valence-electron chi connectivity index (χ0n) is 11.6. The highest BCUT2D eigenvalue weighted by atomic mass is 79.9. The van der Waals surface area contributed by atoms with E-state index in [1.54, 1.807) is 0 Å². The first-order valence-corrected chi connectivity index (χ1v) is 4.64. The summed E-state index contributed by atoms with van der Waals surface area (Å²) in [6.45, 7) is -3.07. The molecule has 1 aromatic rings. The van der Waals surface area contributed by atoms with Gasteiger partial charge in [-0.1, -0.05) is 6.85 Å². The third kappa shape index (κ3) is 2.04. The van der Waals surface area contributed by atoms with Crippen LogP contribution in [0.5, 0.6) is 0 Å². The number of nitrogens with zero attached hydrogens (tertiary/aromatic N) is 1. The number of thiazole rings is 1. The molecule has 0 unspecified atom stereocenters. The molecule has 0 aliphatic carbocycles. The van der Waals surface area contributed by atoms with Gasteiger partial charge in [-0.15, -0.1) is 11.3 Å². The monoisotopic (exact) mass is 290 g/mol. The molecule has 0 saturated carbocycles. The Balaban J connectivity index is 3.28. The second kappa shape index (κ2) is 3.83. The molecule has 0 bridgehead atoms. The Bertz CT molecular complexity index is 407. The fourth-order valence-electron chi connectivity index (χ4n) is 0.390. The van der Waals surface area contributed by atoms with Crippen LogP contribution in [0, 0.1) is 0 Å². The van der Waals surface area contributed by atoms with Crippen molar-refractivity contribution in [2.45, 2.75) is 19.6 Å². The largest absolute Gasteiger partial charge is 0.233 e. The first-order chi connectivity index (χ1) is 7.41. The molecular weight excluding hydrogens is 278 g/mol. The van der Waals surface area contributed by atoms with Gasteiger partial charge >= 0.3 is 0 Å². The Morgan fingerprint density at radius 3 is 3.10 bits per heavy atom. The maximum absolute atomic E-state index is 7.67. The van der Waals surface area contributed by atoms with Gasteiger partial charge in [-0.25, -0.2) is 4.98 Å². The van der Waals surface area contributed by atoms with E-state index in [1.165, 1.54) is 0 Å². The Kier molecular flexibility index (Phi) is 1.21.